The summed E-state index contributed by atoms with van der Waals surface area (Å²) in [5.41, 5.74) is 7.21. The van der Waals surface area contributed by atoms with Gasteiger partial charge in [-0.05, 0) is 31.0 Å². The molecule has 1 saturated heterocycles. The second kappa shape index (κ2) is 4.30. The van der Waals surface area contributed by atoms with Crippen LogP contribution < -0.4 is 21.7 Å². The van der Waals surface area contributed by atoms with Crippen LogP contribution in [0.3, 0.4) is 0 Å². The summed E-state index contributed by atoms with van der Waals surface area (Å²) in [6, 6.07) is 2.44. The van der Waals surface area contributed by atoms with E-state index in [-0.39, 0.29) is 11.0 Å². The van der Waals surface area contributed by atoms with E-state index in [0.29, 0.717) is 23.1 Å². The molecule has 114 valence electrons. The number of rotatable bonds is 3. The largest absolute Gasteiger partial charge is 0.366 e. The number of piperidine rings is 1. The van der Waals surface area contributed by atoms with Gasteiger partial charge in [-0.25, -0.2) is 4.39 Å². The van der Waals surface area contributed by atoms with Crippen LogP contribution in [0.15, 0.2) is 23.5 Å². The Hall–Kier alpha value is -2.41. The lowest BCUT2D eigenvalue weighted by Crippen LogP contribution is -2.22. The van der Waals surface area contributed by atoms with Crippen molar-refractivity contribution in [2.75, 3.05) is 23.7 Å². The van der Waals surface area contributed by atoms with E-state index in [4.69, 9.17) is 11.1 Å². The summed E-state index contributed by atoms with van der Waals surface area (Å²) in [4.78, 5) is 11.5. The van der Waals surface area contributed by atoms with Crippen LogP contribution in [-0.4, -0.2) is 25.2 Å². The molecule has 2 atom stereocenters. The van der Waals surface area contributed by atoms with Crippen molar-refractivity contribution >= 4 is 23.5 Å². The minimum atomic E-state index is -0.687. The van der Waals surface area contributed by atoms with E-state index in [9.17, 15) is 9.18 Å². The van der Waals surface area contributed by atoms with Crippen molar-refractivity contribution in [1.29, 1.82) is 5.41 Å². The van der Waals surface area contributed by atoms with Gasteiger partial charge in [0, 0.05) is 23.7 Å². The Kier molecular flexibility index (Phi) is 2.59. The van der Waals surface area contributed by atoms with Crippen molar-refractivity contribution in [3.8, 4) is 0 Å². The lowest BCUT2D eigenvalue weighted by molar-refractivity contribution is 0.100. The summed E-state index contributed by atoms with van der Waals surface area (Å²) in [7, 11) is 0. The number of nitrogens with two attached hydrogens (primary N) is 1. The monoisotopic (exact) mass is 301 g/mol. The number of halogens is 1. The number of primary amides is 1. The van der Waals surface area contributed by atoms with Crippen LogP contribution in [0.2, 0.25) is 0 Å². The standard InChI is InChI=1S/C15H16FN5O/c16-8-1-9(13(18)22)12-11(2-8)20-14(21-12)10(4-17)15-3-7(15)5-19-6-15/h1-2,4,7,17,19-21H,3,5-6H2,(H2,18,22)/b14-10+,17-4?. The Morgan fingerprint density at radius 2 is 2.27 bits per heavy atom. The highest BCUT2D eigenvalue weighted by Crippen LogP contribution is 2.60. The van der Waals surface area contributed by atoms with Crippen molar-refractivity contribution in [3.05, 3.63) is 34.9 Å². The molecule has 6 nitrogen and oxygen atoms in total. The minimum absolute atomic E-state index is 0.0233. The highest BCUT2D eigenvalue weighted by molar-refractivity contribution is 6.04. The Bertz CT molecular complexity index is 744. The van der Waals surface area contributed by atoms with E-state index in [1.807, 2.05) is 0 Å². The van der Waals surface area contributed by atoms with Crippen LogP contribution >= 0.6 is 0 Å². The second-order valence-electron chi connectivity index (χ2n) is 6.11. The average molecular weight is 301 g/mol. The molecule has 7 heteroatoms. The molecule has 2 aliphatic heterocycles. The van der Waals surface area contributed by atoms with Crippen molar-refractivity contribution in [2.24, 2.45) is 17.1 Å². The number of hydrogen-bond acceptors (Lipinski definition) is 5. The van der Waals surface area contributed by atoms with Crippen LogP contribution in [0.4, 0.5) is 15.8 Å². The average Bonchev–Trinajstić information content (AvgIpc) is 2.83. The number of benzene rings is 1. The van der Waals surface area contributed by atoms with Gasteiger partial charge < -0.3 is 27.1 Å². The SMILES string of the molecule is N=C/C(=C1/Nc2cc(F)cc(C(N)=O)c2N1)C12CNCC1C2. The maximum absolute atomic E-state index is 13.6. The van der Waals surface area contributed by atoms with Crippen LogP contribution in [0.1, 0.15) is 16.8 Å². The topological polar surface area (TPSA) is 103 Å². The molecule has 1 saturated carbocycles. The number of carbonyl (C=O) groups excluding carboxylic acids is 1. The molecule has 0 radical (unpaired) electrons. The van der Waals surface area contributed by atoms with E-state index in [1.165, 1.54) is 12.3 Å². The third-order valence-electron chi connectivity index (χ3n) is 4.89. The molecular formula is C15H16FN5O. The van der Waals surface area contributed by atoms with E-state index in [0.717, 1.165) is 31.1 Å². The van der Waals surface area contributed by atoms with Gasteiger partial charge in [-0.15, -0.1) is 0 Å². The molecule has 2 heterocycles. The molecule has 1 amide bonds. The molecule has 1 aliphatic carbocycles. The predicted molar refractivity (Wildman–Crippen MR) is 81.4 cm³/mol. The van der Waals surface area contributed by atoms with Gasteiger partial charge in [0.1, 0.15) is 11.6 Å². The van der Waals surface area contributed by atoms with Gasteiger partial charge in [0.05, 0.1) is 16.9 Å². The maximum atomic E-state index is 13.6. The fourth-order valence-electron chi connectivity index (χ4n) is 3.68. The van der Waals surface area contributed by atoms with E-state index >= 15 is 0 Å². The molecule has 3 aliphatic rings. The zero-order chi connectivity index (χ0) is 15.5. The molecule has 0 bridgehead atoms. The second-order valence-corrected chi connectivity index (χ2v) is 6.11. The number of amides is 1. The number of fused-ring (bicyclic) bond motifs is 2. The van der Waals surface area contributed by atoms with E-state index in [1.54, 1.807) is 0 Å². The Morgan fingerprint density at radius 1 is 1.45 bits per heavy atom. The smallest absolute Gasteiger partial charge is 0.250 e. The number of carbonyl (C=O) groups is 1. The maximum Gasteiger partial charge on any atom is 0.250 e. The van der Waals surface area contributed by atoms with Gasteiger partial charge in [-0.1, -0.05) is 0 Å². The van der Waals surface area contributed by atoms with Gasteiger partial charge >= 0.3 is 0 Å². The minimum Gasteiger partial charge on any atom is -0.366 e. The lowest BCUT2D eigenvalue weighted by atomic mass is 9.95. The number of nitrogens with one attached hydrogen (secondary N) is 4. The highest BCUT2D eigenvalue weighted by Gasteiger charge is 2.60. The van der Waals surface area contributed by atoms with Crippen molar-refractivity contribution in [3.63, 3.8) is 0 Å². The zero-order valence-corrected chi connectivity index (χ0v) is 11.8. The highest BCUT2D eigenvalue weighted by atomic mass is 19.1. The third-order valence-corrected chi connectivity index (χ3v) is 4.89. The Balaban J connectivity index is 1.78. The summed E-state index contributed by atoms with van der Waals surface area (Å²) in [6.45, 7) is 1.79. The summed E-state index contributed by atoms with van der Waals surface area (Å²) < 4.78 is 13.6. The summed E-state index contributed by atoms with van der Waals surface area (Å²) in [5, 5.41) is 17.3. The van der Waals surface area contributed by atoms with Crippen molar-refractivity contribution < 1.29 is 9.18 Å². The molecule has 0 spiro atoms. The fraction of sp³-hybridized carbons (Fsp3) is 0.333. The predicted octanol–water partition coefficient (Wildman–Crippen LogP) is 1.23. The van der Waals surface area contributed by atoms with Gasteiger partial charge in [-0.2, -0.15) is 0 Å². The zero-order valence-electron chi connectivity index (χ0n) is 11.8. The van der Waals surface area contributed by atoms with Crippen LogP contribution in [0.25, 0.3) is 0 Å². The molecule has 2 fully saturated rings. The Labute approximate surface area is 126 Å². The van der Waals surface area contributed by atoms with Gasteiger partial charge in [0.15, 0.2) is 0 Å². The van der Waals surface area contributed by atoms with Gasteiger partial charge in [0.25, 0.3) is 5.91 Å². The van der Waals surface area contributed by atoms with Crippen LogP contribution in [0, 0.1) is 22.6 Å². The van der Waals surface area contributed by atoms with Gasteiger partial charge in [0.2, 0.25) is 0 Å². The lowest BCUT2D eigenvalue weighted by Gasteiger charge is -2.16. The van der Waals surface area contributed by atoms with Crippen molar-refractivity contribution in [1.82, 2.24) is 5.32 Å². The molecule has 0 aromatic heterocycles. The summed E-state index contributed by atoms with van der Waals surface area (Å²) >= 11 is 0. The molecule has 6 N–H and O–H groups in total. The van der Waals surface area contributed by atoms with Crippen LogP contribution in [-0.2, 0) is 0 Å². The quantitative estimate of drug-likeness (QED) is 0.542. The first-order valence-electron chi connectivity index (χ1n) is 7.18. The van der Waals surface area contributed by atoms with Gasteiger partial charge in [-0.3, -0.25) is 4.79 Å². The first-order valence-corrected chi connectivity index (χ1v) is 7.18. The molecule has 2 unspecified atom stereocenters. The fourth-order valence-corrected chi connectivity index (χ4v) is 3.68. The van der Waals surface area contributed by atoms with E-state index < -0.39 is 11.7 Å². The van der Waals surface area contributed by atoms with Crippen LogP contribution in [0.5, 0.6) is 0 Å². The molecule has 4 rings (SSSR count). The number of anilines is 2. The first kappa shape index (κ1) is 13.3. The molecule has 22 heavy (non-hydrogen) atoms. The summed E-state index contributed by atoms with van der Waals surface area (Å²) in [5.74, 6) is -0.0299. The van der Waals surface area contributed by atoms with E-state index in [2.05, 4.69) is 16.0 Å². The molecular weight excluding hydrogens is 285 g/mol. The molecule has 1 aromatic rings. The molecule has 1 aromatic carbocycles. The summed E-state index contributed by atoms with van der Waals surface area (Å²) in [6.07, 6.45) is 2.39. The normalized spacial score (nSPS) is 30.0. The Morgan fingerprint density at radius 3 is 2.86 bits per heavy atom. The third kappa shape index (κ3) is 1.69. The van der Waals surface area contributed by atoms with Crippen molar-refractivity contribution in [2.45, 2.75) is 6.42 Å². The first-order chi connectivity index (χ1) is 10.5. The number of hydrogen-bond donors (Lipinski definition) is 5.